The maximum absolute atomic E-state index is 12.9. The minimum atomic E-state index is -0.945. The maximum Gasteiger partial charge on any atom is 0.164 e. The number of nitrogens with zero attached hydrogens (tertiary/aromatic N) is 3. The summed E-state index contributed by atoms with van der Waals surface area (Å²) in [6.45, 7) is 13.4. The monoisotopic (exact) mass is 467 g/mol. The van der Waals surface area contributed by atoms with Gasteiger partial charge in [-0.2, -0.15) is 0 Å². The van der Waals surface area contributed by atoms with Crippen molar-refractivity contribution in [3.8, 4) is 11.4 Å². The Labute approximate surface area is 201 Å². The number of hydrogen-bond acceptors (Lipinski definition) is 6. The number of rotatable bonds is 9. The molecule has 0 saturated heterocycles. The summed E-state index contributed by atoms with van der Waals surface area (Å²) in [4.78, 5) is 14.4. The summed E-state index contributed by atoms with van der Waals surface area (Å²) in [5, 5.41) is 30.0. The molecule has 0 aliphatic rings. The fourth-order valence-electron chi connectivity index (χ4n) is 3.71. The summed E-state index contributed by atoms with van der Waals surface area (Å²) in [6, 6.07) is 11.4. The number of carbonyl (C=O) groups excluding carboxylic acids is 1. The molecule has 0 amide bonds. The lowest BCUT2D eigenvalue weighted by molar-refractivity contribution is -0.142. The van der Waals surface area contributed by atoms with Crippen LogP contribution in [-0.2, 0) is 21.4 Å². The van der Waals surface area contributed by atoms with E-state index in [0.717, 1.165) is 22.2 Å². The van der Waals surface area contributed by atoms with Gasteiger partial charge in [0.15, 0.2) is 5.78 Å². The van der Waals surface area contributed by atoms with Gasteiger partial charge in [-0.15, -0.1) is 15.0 Å². The van der Waals surface area contributed by atoms with Gasteiger partial charge in [-0.25, -0.2) is 0 Å². The van der Waals surface area contributed by atoms with Crippen LogP contribution in [0.1, 0.15) is 72.4 Å². The van der Waals surface area contributed by atoms with Crippen LogP contribution in [0.3, 0.4) is 0 Å². The van der Waals surface area contributed by atoms with Gasteiger partial charge in [-0.1, -0.05) is 39.0 Å². The molecule has 184 valence electrons. The molecule has 0 spiro atoms. The van der Waals surface area contributed by atoms with Crippen LogP contribution in [0, 0.1) is 0 Å². The van der Waals surface area contributed by atoms with Crippen molar-refractivity contribution < 1.29 is 19.7 Å². The lowest BCUT2D eigenvalue weighted by atomic mass is 9.84. The first-order valence-electron chi connectivity index (χ1n) is 11.8. The SMILES string of the molecule is CC(C)(O)CCOC(C)(C)C(=O)CCc1cc(-n2nc3ccccc3n2)c(O)c(C(C)(C)C)c1. The lowest BCUT2D eigenvalue weighted by Crippen LogP contribution is -2.37. The third-order valence-electron chi connectivity index (χ3n) is 5.95. The van der Waals surface area contributed by atoms with Gasteiger partial charge in [0.1, 0.15) is 28.1 Å². The number of phenolic OH excluding ortho intramolecular Hbond substituents is 1. The number of aliphatic hydroxyl groups is 1. The Hall–Kier alpha value is -2.77. The fraction of sp³-hybridized carbons (Fsp3) is 0.519. The second-order valence-electron chi connectivity index (χ2n) is 11.1. The molecule has 0 unspecified atom stereocenters. The summed E-state index contributed by atoms with van der Waals surface area (Å²) < 4.78 is 5.81. The molecule has 0 atom stereocenters. The third kappa shape index (κ3) is 6.21. The number of Topliss-reactive ketones (excluding diaryl/α,β-unsaturated/α-hetero) is 1. The number of hydrogen-bond donors (Lipinski definition) is 2. The zero-order chi connectivity index (χ0) is 25.3. The van der Waals surface area contributed by atoms with Crippen molar-refractivity contribution in [1.82, 2.24) is 15.0 Å². The van der Waals surface area contributed by atoms with E-state index in [1.165, 1.54) is 4.80 Å². The first kappa shape index (κ1) is 25.8. The van der Waals surface area contributed by atoms with E-state index >= 15 is 0 Å². The molecule has 7 heteroatoms. The second kappa shape index (κ2) is 9.47. The second-order valence-corrected chi connectivity index (χ2v) is 11.1. The largest absolute Gasteiger partial charge is 0.505 e. The average molecular weight is 468 g/mol. The number of phenols is 1. The van der Waals surface area contributed by atoms with Crippen LogP contribution in [0.25, 0.3) is 16.7 Å². The van der Waals surface area contributed by atoms with E-state index in [2.05, 4.69) is 10.2 Å². The Morgan fingerprint density at radius 2 is 1.59 bits per heavy atom. The van der Waals surface area contributed by atoms with Gasteiger partial charge in [0.2, 0.25) is 0 Å². The predicted octanol–water partition coefficient (Wildman–Crippen LogP) is 4.88. The number of aromatic hydroxyl groups is 1. The molecule has 0 fully saturated rings. The van der Waals surface area contributed by atoms with Crippen molar-refractivity contribution in [2.24, 2.45) is 0 Å². The minimum absolute atomic E-state index is 0.0156. The van der Waals surface area contributed by atoms with Crippen LogP contribution < -0.4 is 0 Å². The van der Waals surface area contributed by atoms with E-state index < -0.39 is 11.2 Å². The van der Waals surface area contributed by atoms with Gasteiger partial charge in [-0.05, 0) is 69.7 Å². The number of benzene rings is 2. The van der Waals surface area contributed by atoms with Crippen LogP contribution in [0.5, 0.6) is 5.75 Å². The summed E-state index contributed by atoms with van der Waals surface area (Å²) in [6.07, 6.45) is 1.23. The molecule has 0 aliphatic heterocycles. The fourth-order valence-corrected chi connectivity index (χ4v) is 3.71. The maximum atomic E-state index is 12.9. The molecule has 34 heavy (non-hydrogen) atoms. The highest BCUT2D eigenvalue weighted by Gasteiger charge is 2.29. The predicted molar refractivity (Wildman–Crippen MR) is 134 cm³/mol. The minimum Gasteiger partial charge on any atom is -0.505 e. The van der Waals surface area contributed by atoms with Gasteiger partial charge >= 0.3 is 0 Å². The third-order valence-corrected chi connectivity index (χ3v) is 5.95. The molecule has 0 aliphatic carbocycles. The Balaban J connectivity index is 1.85. The van der Waals surface area contributed by atoms with E-state index in [-0.39, 0.29) is 23.4 Å². The Morgan fingerprint density at radius 3 is 2.12 bits per heavy atom. The standard InChI is InChI=1S/C27H37N3O4/c1-25(2,3)19-16-18(12-13-23(31)27(6,7)34-15-14-26(4,5)33)17-22(24(19)32)30-28-20-10-8-9-11-21(20)29-30/h8-11,16-17,32-33H,12-15H2,1-7H3. The normalized spacial score (nSPS) is 12.9. The first-order valence-corrected chi connectivity index (χ1v) is 11.8. The molecule has 1 aromatic heterocycles. The number of ether oxygens (including phenoxy) is 1. The molecule has 0 saturated carbocycles. The Kier molecular flexibility index (Phi) is 7.20. The number of aromatic nitrogens is 3. The summed E-state index contributed by atoms with van der Waals surface area (Å²) in [5.41, 5.74) is 1.57. The molecule has 1 heterocycles. The zero-order valence-electron chi connectivity index (χ0n) is 21.3. The summed E-state index contributed by atoms with van der Waals surface area (Å²) >= 11 is 0. The highest BCUT2D eigenvalue weighted by atomic mass is 16.5. The van der Waals surface area contributed by atoms with Gasteiger partial charge in [0, 0.05) is 12.0 Å². The van der Waals surface area contributed by atoms with Crippen molar-refractivity contribution >= 4 is 16.8 Å². The van der Waals surface area contributed by atoms with Crippen LogP contribution in [0.15, 0.2) is 36.4 Å². The molecule has 3 rings (SSSR count). The average Bonchev–Trinajstić information content (AvgIpc) is 3.14. The van der Waals surface area contributed by atoms with Crippen molar-refractivity contribution in [2.75, 3.05) is 6.61 Å². The number of carbonyl (C=O) groups is 1. The van der Waals surface area contributed by atoms with Gasteiger partial charge in [-0.3, -0.25) is 4.79 Å². The van der Waals surface area contributed by atoms with E-state index in [1.54, 1.807) is 27.7 Å². The molecule has 0 radical (unpaired) electrons. The highest BCUT2D eigenvalue weighted by Crippen LogP contribution is 2.36. The van der Waals surface area contributed by atoms with Crippen molar-refractivity contribution in [3.63, 3.8) is 0 Å². The number of aryl methyl sites for hydroxylation is 1. The van der Waals surface area contributed by atoms with Crippen LogP contribution >= 0.6 is 0 Å². The summed E-state index contributed by atoms with van der Waals surface area (Å²) in [7, 11) is 0. The molecule has 3 aromatic rings. The zero-order valence-corrected chi connectivity index (χ0v) is 21.3. The van der Waals surface area contributed by atoms with Crippen LogP contribution in [0.2, 0.25) is 0 Å². The Bertz CT molecular complexity index is 1130. The van der Waals surface area contributed by atoms with E-state index in [4.69, 9.17) is 4.74 Å². The number of fused-ring (bicyclic) bond motifs is 1. The van der Waals surface area contributed by atoms with Crippen molar-refractivity contribution in [1.29, 1.82) is 0 Å². The molecular formula is C27H37N3O4. The Morgan fingerprint density at radius 1 is 1.00 bits per heavy atom. The van der Waals surface area contributed by atoms with Crippen LogP contribution in [0.4, 0.5) is 0 Å². The quantitative estimate of drug-likeness (QED) is 0.465. The smallest absolute Gasteiger partial charge is 0.164 e. The van der Waals surface area contributed by atoms with Crippen LogP contribution in [-0.4, -0.2) is 48.8 Å². The number of ketones is 1. The molecule has 7 nitrogen and oxygen atoms in total. The lowest BCUT2D eigenvalue weighted by Gasteiger charge is -2.26. The molecule has 2 N–H and O–H groups in total. The first-order chi connectivity index (χ1) is 15.7. The van der Waals surface area contributed by atoms with Crippen molar-refractivity contribution in [3.05, 3.63) is 47.5 Å². The van der Waals surface area contributed by atoms with E-state index in [9.17, 15) is 15.0 Å². The van der Waals surface area contributed by atoms with Gasteiger partial charge < -0.3 is 14.9 Å². The molecule has 0 bridgehead atoms. The molecule has 2 aromatic carbocycles. The topological polar surface area (TPSA) is 97.5 Å². The van der Waals surface area contributed by atoms with Gasteiger partial charge in [0.05, 0.1) is 12.2 Å². The van der Waals surface area contributed by atoms with Gasteiger partial charge in [0.25, 0.3) is 0 Å². The highest BCUT2D eigenvalue weighted by molar-refractivity contribution is 5.86. The van der Waals surface area contributed by atoms with E-state index in [1.807, 2.05) is 57.2 Å². The molecular weight excluding hydrogens is 430 g/mol. The summed E-state index contributed by atoms with van der Waals surface area (Å²) in [5.74, 6) is 0.122. The van der Waals surface area contributed by atoms with Crippen molar-refractivity contribution in [2.45, 2.75) is 84.3 Å². The van der Waals surface area contributed by atoms with E-state index in [0.29, 0.717) is 25.1 Å².